The molecule has 0 fully saturated rings. The van der Waals surface area contributed by atoms with Crippen LogP contribution in [0.4, 0.5) is 5.13 Å². The molecule has 0 unspecified atom stereocenters. The van der Waals surface area contributed by atoms with Crippen molar-refractivity contribution < 1.29 is 8.42 Å². The van der Waals surface area contributed by atoms with Crippen molar-refractivity contribution in [1.29, 1.82) is 0 Å². The predicted molar refractivity (Wildman–Crippen MR) is 80.3 cm³/mol. The average Bonchev–Trinajstić information content (AvgIpc) is 2.80. The molecule has 0 bridgehead atoms. The van der Waals surface area contributed by atoms with E-state index < -0.39 is 10.0 Å². The Labute approximate surface area is 124 Å². The molecule has 9 heteroatoms. The van der Waals surface area contributed by atoms with Crippen molar-refractivity contribution >= 4 is 55.3 Å². The number of nitrogens with two attached hydrogens (primary N) is 1. The van der Waals surface area contributed by atoms with Crippen LogP contribution in [0.2, 0.25) is 5.02 Å². The molecule has 0 aliphatic carbocycles. The molecule has 2 aromatic rings. The fourth-order valence-corrected chi connectivity index (χ4v) is 3.78. The van der Waals surface area contributed by atoms with Gasteiger partial charge in [0.05, 0.1) is 5.02 Å². The van der Waals surface area contributed by atoms with Gasteiger partial charge in [0.15, 0.2) is 5.13 Å². The largest absolute Gasteiger partial charge is 0.389 e. The Hall–Kier alpha value is -1.22. The van der Waals surface area contributed by atoms with E-state index >= 15 is 0 Å². The van der Waals surface area contributed by atoms with Crippen molar-refractivity contribution in [3.05, 3.63) is 40.4 Å². The van der Waals surface area contributed by atoms with Crippen LogP contribution >= 0.6 is 35.2 Å². The Kier molecular flexibility index (Phi) is 4.04. The van der Waals surface area contributed by atoms with Crippen molar-refractivity contribution in [3.63, 3.8) is 0 Å². The van der Waals surface area contributed by atoms with Gasteiger partial charge >= 0.3 is 0 Å². The number of nitrogens with zero attached hydrogens (tertiary/aromatic N) is 1. The molecular weight excluding hydrogens is 326 g/mol. The van der Waals surface area contributed by atoms with Gasteiger partial charge in [0.1, 0.15) is 9.88 Å². The number of nitrogens with one attached hydrogen (secondary N) is 1. The molecule has 0 spiro atoms. The lowest BCUT2D eigenvalue weighted by molar-refractivity contribution is 0.601. The van der Waals surface area contributed by atoms with Crippen LogP contribution in [0.3, 0.4) is 0 Å². The minimum absolute atomic E-state index is 0.0503. The third kappa shape index (κ3) is 3.21. The third-order valence-electron chi connectivity index (χ3n) is 2.16. The van der Waals surface area contributed by atoms with Crippen molar-refractivity contribution in [3.8, 4) is 0 Å². The number of anilines is 1. The Morgan fingerprint density at radius 3 is 2.74 bits per heavy atom. The van der Waals surface area contributed by atoms with Gasteiger partial charge in [0.25, 0.3) is 10.0 Å². The third-order valence-corrected chi connectivity index (χ3v) is 5.04. The van der Waals surface area contributed by atoms with E-state index in [-0.39, 0.29) is 20.0 Å². The number of rotatable bonds is 4. The molecule has 1 heterocycles. The number of aromatic nitrogens is 1. The van der Waals surface area contributed by atoms with Gasteiger partial charge in [-0.25, -0.2) is 13.4 Å². The monoisotopic (exact) mass is 333 g/mol. The molecule has 0 saturated carbocycles. The zero-order valence-electron chi connectivity index (χ0n) is 9.33. The van der Waals surface area contributed by atoms with Crippen LogP contribution in [0, 0.1) is 0 Å². The first-order chi connectivity index (χ1) is 8.90. The van der Waals surface area contributed by atoms with Gasteiger partial charge in [0, 0.05) is 17.1 Å². The van der Waals surface area contributed by atoms with E-state index in [1.54, 1.807) is 5.38 Å². The molecule has 2 rings (SSSR count). The van der Waals surface area contributed by atoms with Crippen LogP contribution in [0.25, 0.3) is 0 Å². The van der Waals surface area contributed by atoms with Gasteiger partial charge in [-0.15, -0.1) is 11.3 Å². The minimum Gasteiger partial charge on any atom is -0.389 e. The van der Waals surface area contributed by atoms with E-state index in [1.165, 1.54) is 35.7 Å². The van der Waals surface area contributed by atoms with E-state index in [0.29, 0.717) is 5.56 Å². The summed E-state index contributed by atoms with van der Waals surface area (Å²) in [6, 6.07) is 4.28. The number of benzene rings is 1. The van der Waals surface area contributed by atoms with E-state index in [4.69, 9.17) is 29.6 Å². The summed E-state index contributed by atoms with van der Waals surface area (Å²) in [6.07, 6.45) is 1.50. The number of sulfonamides is 1. The molecule has 0 aliphatic rings. The maximum atomic E-state index is 12.1. The summed E-state index contributed by atoms with van der Waals surface area (Å²) in [4.78, 5) is 3.95. The van der Waals surface area contributed by atoms with Crippen molar-refractivity contribution in [1.82, 2.24) is 4.98 Å². The fraction of sp³-hybridized carbons (Fsp3) is 0. The van der Waals surface area contributed by atoms with E-state index in [0.717, 1.165) is 0 Å². The number of thiocarbonyl (C=S) groups is 1. The standard InChI is InChI=1S/C10H8ClN3O2S3/c11-7-5-6(9(12)17)1-2-8(7)19(15,16)14-10-13-3-4-18-10/h1-5H,(H2,12,17)(H,13,14). The lowest BCUT2D eigenvalue weighted by atomic mass is 10.2. The molecule has 1 aromatic heterocycles. The number of hydrogen-bond acceptors (Lipinski definition) is 5. The SMILES string of the molecule is NC(=S)c1ccc(S(=O)(=O)Nc2nccs2)c(Cl)c1. The molecule has 1 aromatic carbocycles. The summed E-state index contributed by atoms with van der Waals surface area (Å²) in [5, 5.41) is 1.99. The molecule has 0 saturated heterocycles. The lowest BCUT2D eigenvalue weighted by Gasteiger charge is -2.08. The maximum Gasteiger partial charge on any atom is 0.265 e. The first-order valence-electron chi connectivity index (χ1n) is 4.92. The van der Waals surface area contributed by atoms with Gasteiger partial charge in [0.2, 0.25) is 0 Å². The number of halogens is 1. The molecule has 0 atom stereocenters. The van der Waals surface area contributed by atoms with Gasteiger partial charge in [-0.05, 0) is 12.1 Å². The van der Waals surface area contributed by atoms with Crippen molar-refractivity contribution in [2.75, 3.05) is 4.72 Å². The van der Waals surface area contributed by atoms with Crippen LogP contribution < -0.4 is 10.5 Å². The quantitative estimate of drug-likeness (QED) is 0.838. The molecule has 0 amide bonds. The van der Waals surface area contributed by atoms with E-state index in [2.05, 4.69) is 9.71 Å². The number of hydrogen-bond donors (Lipinski definition) is 2. The molecule has 100 valence electrons. The number of thiazole rings is 1. The molecule has 3 N–H and O–H groups in total. The highest BCUT2D eigenvalue weighted by molar-refractivity contribution is 7.93. The second-order valence-electron chi connectivity index (χ2n) is 3.45. The van der Waals surface area contributed by atoms with E-state index in [9.17, 15) is 8.42 Å². The van der Waals surface area contributed by atoms with Crippen molar-refractivity contribution in [2.24, 2.45) is 5.73 Å². The van der Waals surface area contributed by atoms with E-state index in [1.807, 2.05) is 0 Å². The second-order valence-corrected chi connectivity index (χ2v) is 6.84. The highest BCUT2D eigenvalue weighted by Gasteiger charge is 2.19. The summed E-state index contributed by atoms with van der Waals surface area (Å²) >= 11 is 11.9. The van der Waals surface area contributed by atoms with Crippen LogP contribution in [-0.2, 0) is 10.0 Å². The summed E-state index contributed by atoms with van der Waals surface area (Å²) in [7, 11) is -3.77. The van der Waals surface area contributed by atoms with Gasteiger partial charge in [-0.2, -0.15) is 0 Å². The highest BCUT2D eigenvalue weighted by Crippen LogP contribution is 2.25. The van der Waals surface area contributed by atoms with Crippen LogP contribution in [0.15, 0.2) is 34.7 Å². The minimum atomic E-state index is -3.77. The van der Waals surface area contributed by atoms with Crippen LogP contribution in [-0.4, -0.2) is 18.4 Å². The fourth-order valence-electron chi connectivity index (χ4n) is 1.32. The Morgan fingerprint density at radius 1 is 1.47 bits per heavy atom. The molecule has 19 heavy (non-hydrogen) atoms. The molecule has 0 aliphatic heterocycles. The van der Waals surface area contributed by atoms with Gasteiger partial charge in [-0.1, -0.05) is 29.9 Å². The smallest absolute Gasteiger partial charge is 0.265 e. The summed E-state index contributed by atoms with van der Waals surface area (Å²) < 4.78 is 26.6. The second kappa shape index (κ2) is 5.41. The lowest BCUT2D eigenvalue weighted by Crippen LogP contribution is -2.14. The first kappa shape index (κ1) is 14.2. The normalized spacial score (nSPS) is 11.2. The average molecular weight is 334 g/mol. The topological polar surface area (TPSA) is 85.1 Å². The molecule has 5 nitrogen and oxygen atoms in total. The summed E-state index contributed by atoms with van der Waals surface area (Å²) in [6.45, 7) is 0. The maximum absolute atomic E-state index is 12.1. The Balaban J connectivity index is 2.38. The molecule has 0 radical (unpaired) electrons. The summed E-state index contributed by atoms with van der Waals surface area (Å²) in [5.41, 5.74) is 5.96. The van der Waals surface area contributed by atoms with Crippen LogP contribution in [0.1, 0.15) is 5.56 Å². The Morgan fingerprint density at radius 2 is 2.21 bits per heavy atom. The van der Waals surface area contributed by atoms with Crippen molar-refractivity contribution in [2.45, 2.75) is 4.90 Å². The Bertz CT molecular complexity index is 714. The first-order valence-corrected chi connectivity index (χ1v) is 8.07. The van der Waals surface area contributed by atoms with Gasteiger partial charge < -0.3 is 5.73 Å². The highest BCUT2D eigenvalue weighted by atomic mass is 35.5. The molecular formula is C10H8ClN3O2S3. The predicted octanol–water partition coefficient (Wildman–Crippen LogP) is 2.23. The zero-order chi connectivity index (χ0) is 14.0. The van der Waals surface area contributed by atoms with Crippen LogP contribution in [0.5, 0.6) is 0 Å². The van der Waals surface area contributed by atoms with Gasteiger partial charge in [-0.3, -0.25) is 4.72 Å². The zero-order valence-corrected chi connectivity index (χ0v) is 12.5. The summed E-state index contributed by atoms with van der Waals surface area (Å²) in [5.74, 6) is 0.